The lowest BCUT2D eigenvalue weighted by atomic mass is 10.1. The van der Waals surface area contributed by atoms with Crippen LogP contribution in [0.15, 0.2) is 24.3 Å². The van der Waals surface area contributed by atoms with Crippen LogP contribution in [0.1, 0.15) is 28.9 Å². The van der Waals surface area contributed by atoms with E-state index in [4.69, 9.17) is 5.73 Å². The largest absolute Gasteiger partial charge is 0.397 e. The Bertz CT molecular complexity index is 631. The molecule has 1 fully saturated rings. The van der Waals surface area contributed by atoms with E-state index in [1.165, 1.54) is 30.6 Å². The van der Waals surface area contributed by atoms with Gasteiger partial charge in [-0.15, -0.1) is 11.3 Å². The average Bonchev–Trinajstić information content (AvgIpc) is 2.86. The van der Waals surface area contributed by atoms with Gasteiger partial charge in [-0.3, -0.25) is 4.79 Å². The Labute approximate surface area is 128 Å². The third-order valence-electron chi connectivity index (χ3n) is 4.00. The van der Waals surface area contributed by atoms with E-state index in [0.29, 0.717) is 17.1 Å². The lowest BCUT2D eigenvalue weighted by Gasteiger charge is -2.26. The lowest BCUT2D eigenvalue weighted by molar-refractivity contribution is 0.0951. The Morgan fingerprint density at radius 2 is 2.00 bits per heavy atom. The molecule has 3 N–H and O–H groups in total. The summed E-state index contributed by atoms with van der Waals surface area (Å²) >= 11 is 1.47. The van der Waals surface area contributed by atoms with Crippen molar-refractivity contribution < 1.29 is 4.79 Å². The van der Waals surface area contributed by atoms with Crippen molar-refractivity contribution in [1.82, 2.24) is 10.2 Å². The third-order valence-corrected chi connectivity index (χ3v) is 5.19. The number of hydrogen-bond donors (Lipinski definition) is 2. The molecule has 4 nitrogen and oxygen atoms in total. The second kappa shape index (κ2) is 6.45. The van der Waals surface area contributed by atoms with Gasteiger partial charge in [-0.1, -0.05) is 24.6 Å². The molecule has 1 aromatic carbocycles. The van der Waals surface area contributed by atoms with Crippen molar-refractivity contribution in [1.29, 1.82) is 0 Å². The van der Waals surface area contributed by atoms with Crippen LogP contribution in [0.25, 0.3) is 10.1 Å². The minimum Gasteiger partial charge on any atom is -0.397 e. The molecule has 2 heterocycles. The summed E-state index contributed by atoms with van der Waals surface area (Å²) in [5.74, 6) is -0.0503. The van der Waals surface area contributed by atoms with Crippen LogP contribution in [0, 0.1) is 0 Å². The number of nitrogens with one attached hydrogen (secondary N) is 1. The van der Waals surface area contributed by atoms with Crippen LogP contribution < -0.4 is 11.1 Å². The Kier molecular flexibility index (Phi) is 4.41. The van der Waals surface area contributed by atoms with E-state index in [2.05, 4.69) is 10.2 Å². The minimum absolute atomic E-state index is 0.0503. The third kappa shape index (κ3) is 3.19. The summed E-state index contributed by atoms with van der Waals surface area (Å²) in [7, 11) is 0. The topological polar surface area (TPSA) is 58.4 Å². The van der Waals surface area contributed by atoms with E-state index >= 15 is 0 Å². The number of benzene rings is 1. The van der Waals surface area contributed by atoms with Crippen LogP contribution in [0.5, 0.6) is 0 Å². The van der Waals surface area contributed by atoms with Gasteiger partial charge >= 0.3 is 0 Å². The maximum atomic E-state index is 12.3. The molecule has 21 heavy (non-hydrogen) atoms. The average molecular weight is 303 g/mol. The zero-order chi connectivity index (χ0) is 14.7. The standard InChI is InChI=1S/C16H21N3OS/c17-14-12-6-2-3-7-13(12)21-15(14)16(20)18-8-11-19-9-4-1-5-10-19/h2-3,6-7H,1,4-5,8-11,17H2,(H,18,20). The van der Waals surface area contributed by atoms with Gasteiger partial charge < -0.3 is 16.0 Å². The molecule has 0 bridgehead atoms. The number of carbonyl (C=O) groups excluding carboxylic acids is 1. The number of nitrogens with two attached hydrogens (primary N) is 1. The summed E-state index contributed by atoms with van der Waals surface area (Å²) in [6, 6.07) is 7.88. The number of nitrogen functional groups attached to an aromatic ring is 1. The maximum absolute atomic E-state index is 12.3. The van der Waals surface area contributed by atoms with Gasteiger partial charge in [-0.2, -0.15) is 0 Å². The SMILES string of the molecule is Nc1c(C(=O)NCCN2CCCCC2)sc2ccccc12. The molecule has 1 aromatic heterocycles. The first-order valence-electron chi connectivity index (χ1n) is 7.53. The molecule has 1 saturated heterocycles. The number of piperidine rings is 1. The van der Waals surface area contributed by atoms with Gasteiger partial charge in [0.05, 0.1) is 5.69 Å². The first-order valence-corrected chi connectivity index (χ1v) is 8.35. The van der Waals surface area contributed by atoms with Crippen LogP contribution >= 0.6 is 11.3 Å². The summed E-state index contributed by atoms with van der Waals surface area (Å²) in [5.41, 5.74) is 6.70. The molecule has 5 heteroatoms. The zero-order valence-electron chi connectivity index (χ0n) is 12.1. The van der Waals surface area contributed by atoms with Crippen molar-refractivity contribution in [2.24, 2.45) is 0 Å². The molecule has 3 rings (SSSR count). The summed E-state index contributed by atoms with van der Waals surface area (Å²) in [6.45, 7) is 3.92. The Morgan fingerprint density at radius 3 is 2.76 bits per heavy atom. The Morgan fingerprint density at radius 1 is 1.24 bits per heavy atom. The number of amides is 1. The first-order chi connectivity index (χ1) is 10.3. The predicted molar refractivity (Wildman–Crippen MR) is 88.9 cm³/mol. The van der Waals surface area contributed by atoms with Gasteiger partial charge in [0, 0.05) is 23.2 Å². The van der Waals surface area contributed by atoms with Gasteiger partial charge in [0.1, 0.15) is 4.88 Å². The quantitative estimate of drug-likeness (QED) is 0.913. The van der Waals surface area contributed by atoms with Crippen LogP contribution in [-0.4, -0.2) is 37.0 Å². The fourth-order valence-corrected chi connectivity index (χ4v) is 3.86. The van der Waals surface area contributed by atoms with Crippen molar-refractivity contribution in [3.05, 3.63) is 29.1 Å². The number of rotatable bonds is 4. The van der Waals surface area contributed by atoms with E-state index in [9.17, 15) is 4.79 Å². The number of hydrogen-bond acceptors (Lipinski definition) is 4. The molecule has 0 unspecified atom stereocenters. The molecule has 112 valence electrons. The van der Waals surface area contributed by atoms with E-state index in [1.54, 1.807) is 0 Å². The highest BCUT2D eigenvalue weighted by Gasteiger charge is 2.16. The van der Waals surface area contributed by atoms with Crippen molar-refractivity contribution >= 4 is 33.0 Å². The van der Waals surface area contributed by atoms with E-state index in [-0.39, 0.29) is 5.91 Å². The predicted octanol–water partition coefficient (Wildman–Crippen LogP) is 2.70. The summed E-state index contributed by atoms with van der Waals surface area (Å²) in [5, 5.41) is 3.97. The van der Waals surface area contributed by atoms with Crippen LogP contribution in [0.4, 0.5) is 5.69 Å². The fraction of sp³-hybridized carbons (Fsp3) is 0.438. The maximum Gasteiger partial charge on any atom is 0.263 e. The number of nitrogens with zero attached hydrogens (tertiary/aromatic N) is 1. The number of carbonyl (C=O) groups is 1. The summed E-state index contributed by atoms with van der Waals surface area (Å²) in [6.07, 6.45) is 3.88. The normalized spacial score (nSPS) is 16.2. The zero-order valence-corrected chi connectivity index (χ0v) is 12.9. The van der Waals surface area contributed by atoms with E-state index in [1.807, 2.05) is 24.3 Å². The van der Waals surface area contributed by atoms with Crippen LogP contribution in [-0.2, 0) is 0 Å². The highest BCUT2D eigenvalue weighted by molar-refractivity contribution is 7.21. The molecule has 2 aromatic rings. The first kappa shape index (κ1) is 14.4. The van der Waals surface area contributed by atoms with Gasteiger partial charge in [-0.25, -0.2) is 0 Å². The number of fused-ring (bicyclic) bond motifs is 1. The van der Waals surface area contributed by atoms with Crippen molar-refractivity contribution in [2.45, 2.75) is 19.3 Å². The van der Waals surface area contributed by atoms with Gasteiger partial charge in [0.25, 0.3) is 5.91 Å². The molecule has 0 atom stereocenters. The molecular formula is C16H21N3OS. The highest BCUT2D eigenvalue weighted by atomic mass is 32.1. The second-order valence-electron chi connectivity index (χ2n) is 5.50. The monoisotopic (exact) mass is 303 g/mol. The Hall–Kier alpha value is -1.59. The van der Waals surface area contributed by atoms with Crippen LogP contribution in [0.3, 0.4) is 0 Å². The molecule has 1 aliphatic rings. The van der Waals surface area contributed by atoms with Gasteiger partial charge in [0.15, 0.2) is 0 Å². The molecule has 0 aliphatic carbocycles. The molecule has 1 amide bonds. The van der Waals surface area contributed by atoms with Crippen LogP contribution in [0.2, 0.25) is 0 Å². The fourth-order valence-electron chi connectivity index (χ4n) is 2.82. The van der Waals surface area contributed by atoms with E-state index in [0.717, 1.165) is 29.7 Å². The van der Waals surface area contributed by atoms with Gasteiger partial charge in [-0.05, 0) is 32.0 Å². The number of anilines is 1. The van der Waals surface area contributed by atoms with Crippen molar-refractivity contribution in [2.75, 3.05) is 31.9 Å². The highest BCUT2D eigenvalue weighted by Crippen LogP contribution is 2.33. The van der Waals surface area contributed by atoms with Crippen molar-refractivity contribution in [3.8, 4) is 0 Å². The number of likely N-dealkylation sites (tertiary alicyclic amines) is 1. The van der Waals surface area contributed by atoms with Gasteiger partial charge in [0.2, 0.25) is 0 Å². The minimum atomic E-state index is -0.0503. The smallest absolute Gasteiger partial charge is 0.263 e. The molecule has 0 spiro atoms. The molecule has 0 radical (unpaired) electrons. The van der Waals surface area contributed by atoms with Crippen molar-refractivity contribution in [3.63, 3.8) is 0 Å². The molecule has 1 aliphatic heterocycles. The van der Waals surface area contributed by atoms with E-state index < -0.39 is 0 Å². The second-order valence-corrected chi connectivity index (χ2v) is 6.55. The summed E-state index contributed by atoms with van der Waals surface area (Å²) in [4.78, 5) is 15.3. The lowest BCUT2D eigenvalue weighted by Crippen LogP contribution is -2.37. The molecular weight excluding hydrogens is 282 g/mol. The molecule has 0 saturated carbocycles. The number of thiophene rings is 1. The Balaban J connectivity index is 1.60. The summed E-state index contributed by atoms with van der Waals surface area (Å²) < 4.78 is 1.07.